The average molecular weight is 296 g/mol. The monoisotopic (exact) mass is 296 g/mol. The maximum absolute atomic E-state index is 14.0. The number of rotatable bonds is 8. The van der Waals surface area contributed by atoms with Gasteiger partial charge in [0.2, 0.25) is 0 Å². The highest BCUT2D eigenvalue weighted by atomic mass is 19.1. The highest BCUT2D eigenvalue weighted by molar-refractivity contribution is 5.77. The van der Waals surface area contributed by atoms with Crippen LogP contribution in [0.5, 0.6) is 5.75 Å². The quantitative estimate of drug-likeness (QED) is 0.775. The van der Waals surface area contributed by atoms with Crippen LogP contribution >= 0.6 is 0 Å². The van der Waals surface area contributed by atoms with Crippen molar-refractivity contribution in [2.75, 3.05) is 13.2 Å². The third-order valence-electron chi connectivity index (χ3n) is 2.96. The van der Waals surface area contributed by atoms with Gasteiger partial charge in [0, 0.05) is 12.1 Å². The largest absolute Gasteiger partial charge is 0.481 e. The molecular weight excluding hydrogens is 271 g/mol. The fourth-order valence-electron chi connectivity index (χ4n) is 1.89. The van der Waals surface area contributed by atoms with Crippen LogP contribution in [0.15, 0.2) is 18.2 Å². The van der Waals surface area contributed by atoms with E-state index in [4.69, 9.17) is 4.74 Å². The zero-order valence-corrected chi connectivity index (χ0v) is 13.2. The molecule has 1 unspecified atom stereocenters. The first kappa shape index (κ1) is 17.4. The van der Waals surface area contributed by atoms with Gasteiger partial charge in [0.1, 0.15) is 0 Å². The summed E-state index contributed by atoms with van der Waals surface area (Å²) in [6.07, 6.45) is 1.03. The summed E-state index contributed by atoms with van der Waals surface area (Å²) in [5, 5.41) is 5.98. The van der Waals surface area contributed by atoms with Crippen LogP contribution in [-0.4, -0.2) is 25.1 Å². The lowest BCUT2D eigenvalue weighted by Crippen LogP contribution is -2.34. The highest BCUT2D eigenvalue weighted by Gasteiger charge is 2.11. The lowest BCUT2D eigenvalue weighted by molar-refractivity contribution is -0.123. The smallest absolute Gasteiger partial charge is 0.258 e. The van der Waals surface area contributed by atoms with Gasteiger partial charge >= 0.3 is 0 Å². The predicted octanol–water partition coefficient (Wildman–Crippen LogP) is 2.79. The lowest BCUT2D eigenvalue weighted by atomic mass is 10.1. The zero-order valence-electron chi connectivity index (χ0n) is 13.2. The van der Waals surface area contributed by atoms with Crippen LogP contribution in [0.2, 0.25) is 0 Å². The molecule has 2 N–H and O–H groups in total. The summed E-state index contributed by atoms with van der Waals surface area (Å²) in [7, 11) is 0. The molecule has 5 heteroatoms. The molecule has 1 aromatic rings. The maximum atomic E-state index is 14.0. The normalized spacial score (nSPS) is 12.3. The van der Waals surface area contributed by atoms with E-state index >= 15 is 0 Å². The zero-order chi connectivity index (χ0) is 15.8. The van der Waals surface area contributed by atoms with Crippen molar-refractivity contribution in [2.45, 2.75) is 46.2 Å². The van der Waals surface area contributed by atoms with Gasteiger partial charge in [0.25, 0.3) is 5.91 Å². The van der Waals surface area contributed by atoms with E-state index in [1.807, 2.05) is 26.8 Å². The summed E-state index contributed by atoms with van der Waals surface area (Å²) in [4.78, 5) is 11.5. The Morgan fingerprint density at radius 2 is 2.05 bits per heavy atom. The molecule has 0 aliphatic heterocycles. The minimum Gasteiger partial charge on any atom is -0.481 e. The Bertz CT molecular complexity index is 464. The summed E-state index contributed by atoms with van der Waals surface area (Å²) < 4.78 is 19.2. The van der Waals surface area contributed by atoms with Gasteiger partial charge in [-0.15, -0.1) is 0 Å². The Morgan fingerprint density at radius 3 is 2.62 bits per heavy atom. The predicted molar refractivity (Wildman–Crippen MR) is 81.9 cm³/mol. The van der Waals surface area contributed by atoms with Gasteiger partial charge in [-0.25, -0.2) is 4.39 Å². The molecular formula is C16H25FN2O2. The first-order valence-electron chi connectivity index (χ1n) is 7.39. The van der Waals surface area contributed by atoms with Crippen LogP contribution < -0.4 is 15.4 Å². The summed E-state index contributed by atoms with van der Waals surface area (Å²) in [6.45, 7) is 8.49. The molecule has 118 valence electrons. The standard InChI is InChI=1S/C16H25FN2O2/c1-5-8-18-12(4)13-6-7-15(14(17)9-13)21-10-16(20)19-11(2)3/h6-7,9,11-12,18H,5,8,10H2,1-4H3,(H,19,20). The molecule has 0 spiro atoms. The SMILES string of the molecule is CCCNC(C)c1ccc(OCC(=O)NC(C)C)c(F)c1. The molecule has 0 aromatic heterocycles. The number of amides is 1. The van der Waals surface area contributed by atoms with Crippen LogP contribution in [0.3, 0.4) is 0 Å². The Labute approximate surface area is 126 Å². The minimum absolute atomic E-state index is 0.0406. The van der Waals surface area contributed by atoms with Gasteiger partial charge in [-0.05, 0) is 51.4 Å². The first-order chi connectivity index (χ1) is 9.93. The number of carbonyl (C=O) groups excluding carboxylic acids is 1. The van der Waals surface area contributed by atoms with E-state index in [9.17, 15) is 9.18 Å². The molecule has 0 aliphatic carbocycles. The van der Waals surface area contributed by atoms with Crippen molar-refractivity contribution < 1.29 is 13.9 Å². The van der Waals surface area contributed by atoms with Crippen molar-refractivity contribution in [2.24, 2.45) is 0 Å². The van der Waals surface area contributed by atoms with Crippen LogP contribution in [0.4, 0.5) is 4.39 Å². The van der Waals surface area contributed by atoms with E-state index in [-0.39, 0.29) is 30.3 Å². The Kier molecular flexibility index (Phi) is 7.15. The average Bonchev–Trinajstić information content (AvgIpc) is 2.42. The van der Waals surface area contributed by atoms with Crippen molar-refractivity contribution in [1.29, 1.82) is 0 Å². The molecule has 0 heterocycles. The Morgan fingerprint density at radius 1 is 1.33 bits per heavy atom. The number of benzene rings is 1. The number of carbonyl (C=O) groups is 1. The molecule has 1 atom stereocenters. The molecule has 1 amide bonds. The third-order valence-corrected chi connectivity index (χ3v) is 2.96. The maximum Gasteiger partial charge on any atom is 0.258 e. The van der Waals surface area contributed by atoms with E-state index in [0.29, 0.717) is 0 Å². The van der Waals surface area contributed by atoms with Crippen LogP contribution in [0, 0.1) is 5.82 Å². The second-order valence-corrected chi connectivity index (χ2v) is 5.38. The first-order valence-corrected chi connectivity index (χ1v) is 7.39. The molecule has 4 nitrogen and oxygen atoms in total. The van der Waals surface area contributed by atoms with Crippen LogP contribution in [-0.2, 0) is 4.79 Å². The molecule has 1 aromatic carbocycles. The molecule has 0 bridgehead atoms. The van der Waals surface area contributed by atoms with Gasteiger partial charge in [-0.2, -0.15) is 0 Å². The molecule has 0 fully saturated rings. The third kappa shape index (κ3) is 6.12. The van der Waals surface area contributed by atoms with Crippen molar-refractivity contribution in [3.8, 4) is 5.75 Å². The van der Waals surface area contributed by atoms with Gasteiger partial charge < -0.3 is 15.4 Å². The second kappa shape index (κ2) is 8.62. The number of hydrogen-bond acceptors (Lipinski definition) is 3. The van der Waals surface area contributed by atoms with Crippen LogP contribution in [0.25, 0.3) is 0 Å². The van der Waals surface area contributed by atoms with Crippen molar-refractivity contribution in [1.82, 2.24) is 10.6 Å². The highest BCUT2D eigenvalue weighted by Crippen LogP contribution is 2.22. The number of nitrogens with one attached hydrogen (secondary N) is 2. The molecule has 0 saturated carbocycles. The van der Waals surface area contributed by atoms with Gasteiger partial charge in [0.05, 0.1) is 0 Å². The lowest BCUT2D eigenvalue weighted by Gasteiger charge is -2.15. The van der Waals surface area contributed by atoms with E-state index in [2.05, 4.69) is 17.6 Å². The Hall–Kier alpha value is -1.62. The molecule has 0 radical (unpaired) electrons. The minimum atomic E-state index is -0.449. The van der Waals surface area contributed by atoms with Crippen molar-refractivity contribution in [3.63, 3.8) is 0 Å². The summed E-state index contributed by atoms with van der Waals surface area (Å²) in [6, 6.07) is 4.95. The summed E-state index contributed by atoms with van der Waals surface area (Å²) in [5.74, 6) is -0.609. The van der Waals surface area contributed by atoms with E-state index in [1.165, 1.54) is 6.07 Å². The van der Waals surface area contributed by atoms with Gasteiger partial charge in [-0.3, -0.25) is 4.79 Å². The van der Waals surface area contributed by atoms with E-state index < -0.39 is 5.82 Å². The fraction of sp³-hybridized carbons (Fsp3) is 0.562. The molecule has 0 saturated heterocycles. The number of hydrogen-bond donors (Lipinski definition) is 2. The summed E-state index contributed by atoms with van der Waals surface area (Å²) in [5.41, 5.74) is 0.861. The molecule has 0 aliphatic rings. The topological polar surface area (TPSA) is 50.4 Å². The van der Waals surface area contributed by atoms with Gasteiger partial charge in [-0.1, -0.05) is 13.0 Å². The fourth-order valence-corrected chi connectivity index (χ4v) is 1.89. The number of ether oxygens (including phenoxy) is 1. The second-order valence-electron chi connectivity index (χ2n) is 5.38. The molecule has 21 heavy (non-hydrogen) atoms. The van der Waals surface area contributed by atoms with Crippen molar-refractivity contribution in [3.05, 3.63) is 29.6 Å². The van der Waals surface area contributed by atoms with Gasteiger partial charge in [0.15, 0.2) is 18.2 Å². The van der Waals surface area contributed by atoms with Crippen molar-refractivity contribution >= 4 is 5.91 Å². The summed E-state index contributed by atoms with van der Waals surface area (Å²) >= 11 is 0. The number of halogens is 1. The van der Waals surface area contributed by atoms with Crippen LogP contribution in [0.1, 0.15) is 45.7 Å². The molecule has 1 rings (SSSR count). The Balaban J connectivity index is 2.59. The van der Waals surface area contributed by atoms with E-state index in [0.717, 1.165) is 18.5 Å². The van der Waals surface area contributed by atoms with E-state index in [1.54, 1.807) is 6.07 Å².